The number of aryl methyl sites for hydroxylation is 1. The number of halogens is 3. The summed E-state index contributed by atoms with van der Waals surface area (Å²) in [6, 6.07) is 8.60. The van der Waals surface area contributed by atoms with Crippen LogP contribution in [0.25, 0.3) is 11.1 Å². The van der Waals surface area contributed by atoms with Gasteiger partial charge in [0.15, 0.2) is 21.3 Å². The summed E-state index contributed by atoms with van der Waals surface area (Å²) in [6.07, 6.45) is -4.27. The van der Waals surface area contributed by atoms with Gasteiger partial charge < -0.3 is 9.15 Å². The molecule has 0 spiro atoms. The third-order valence-corrected chi connectivity index (χ3v) is 9.38. The van der Waals surface area contributed by atoms with Crippen molar-refractivity contribution in [2.24, 2.45) is 0 Å². The van der Waals surface area contributed by atoms with Crippen LogP contribution in [0.3, 0.4) is 0 Å². The van der Waals surface area contributed by atoms with Crippen LogP contribution >= 0.6 is 0 Å². The van der Waals surface area contributed by atoms with E-state index < -0.39 is 32.4 Å². The minimum absolute atomic E-state index is 0.118. The second-order valence-corrected chi connectivity index (χ2v) is 11.8. The topological polar surface area (TPSA) is 69.4 Å². The zero-order valence-electron chi connectivity index (χ0n) is 19.6. The van der Waals surface area contributed by atoms with Gasteiger partial charge in [-0.2, -0.15) is 13.2 Å². The lowest BCUT2D eigenvalue weighted by Crippen LogP contribution is -2.42. The van der Waals surface area contributed by atoms with Gasteiger partial charge in [-0.05, 0) is 73.6 Å². The number of benzene rings is 2. The maximum atomic E-state index is 13.8. The highest BCUT2D eigenvalue weighted by molar-refractivity contribution is 7.92. The Hall–Kier alpha value is -2.39. The molecule has 0 radical (unpaired) electrons. The number of aromatic nitrogens is 1. The molecule has 2 heterocycles. The number of hydrogen-bond donors (Lipinski definition) is 0. The van der Waals surface area contributed by atoms with Crippen molar-refractivity contribution < 1.29 is 30.7 Å². The lowest BCUT2D eigenvalue weighted by Gasteiger charge is -2.38. The Bertz CT molecular complexity index is 1320. The van der Waals surface area contributed by atoms with Crippen LogP contribution in [0.1, 0.15) is 74.6 Å². The minimum Gasteiger partial charge on any atom is -0.441 e. The van der Waals surface area contributed by atoms with Crippen molar-refractivity contribution in [2.75, 3.05) is 6.61 Å². The molecule has 0 aliphatic carbocycles. The monoisotopic (exact) mass is 495 g/mol. The molecule has 184 valence electrons. The number of alkyl halides is 3. The summed E-state index contributed by atoms with van der Waals surface area (Å²) in [4.78, 5) is 4.03. The second kappa shape index (κ2) is 8.68. The Morgan fingerprint density at radius 2 is 1.94 bits per heavy atom. The number of nitrogens with zero attached hydrogens (tertiary/aromatic N) is 1. The third-order valence-electron chi connectivity index (χ3n) is 6.85. The fraction of sp³-hybridized carbons (Fsp3) is 0.480. The number of hydrogen-bond acceptors (Lipinski definition) is 5. The standard InChI is InChI=1S/C25H28F3NO4S/c1-5-15(2)18-10-19(25(26,27)28)13-20(11-18)34(30,31)24(4)8-9-32-23(14-24)17-6-7-22-21(12-17)29-16(3)33-22/h6-7,10-13,15,23H,5,8-9,14H2,1-4H3. The van der Waals surface area contributed by atoms with Crippen molar-refractivity contribution >= 4 is 20.9 Å². The lowest BCUT2D eigenvalue weighted by molar-refractivity contribution is -0.137. The molecule has 4 rings (SSSR count). The largest absolute Gasteiger partial charge is 0.441 e. The first-order valence-electron chi connectivity index (χ1n) is 11.3. The number of sulfone groups is 1. The highest BCUT2D eigenvalue weighted by Crippen LogP contribution is 2.44. The van der Waals surface area contributed by atoms with E-state index in [1.807, 2.05) is 6.92 Å². The number of fused-ring (bicyclic) bond motifs is 1. The molecule has 9 heteroatoms. The zero-order chi connectivity index (χ0) is 24.9. The Morgan fingerprint density at radius 3 is 2.62 bits per heavy atom. The summed E-state index contributed by atoms with van der Waals surface area (Å²) in [6.45, 7) is 7.16. The normalized spacial score (nSPS) is 22.7. The maximum Gasteiger partial charge on any atom is 0.416 e. The van der Waals surface area contributed by atoms with E-state index in [2.05, 4.69) is 4.98 Å². The van der Waals surface area contributed by atoms with Crippen molar-refractivity contribution in [3.63, 3.8) is 0 Å². The molecule has 0 amide bonds. The second-order valence-electron chi connectivity index (χ2n) is 9.32. The smallest absolute Gasteiger partial charge is 0.416 e. The van der Waals surface area contributed by atoms with Crippen LogP contribution < -0.4 is 0 Å². The zero-order valence-corrected chi connectivity index (χ0v) is 20.4. The molecule has 34 heavy (non-hydrogen) atoms. The first kappa shape index (κ1) is 24.7. The van der Waals surface area contributed by atoms with E-state index in [-0.39, 0.29) is 30.3 Å². The summed E-state index contributed by atoms with van der Waals surface area (Å²) in [7, 11) is -4.10. The lowest BCUT2D eigenvalue weighted by atomic mass is 9.92. The molecule has 0 N–H and O–H groups in total. The first-order valence-corrected chi connectivity index (χ1v) is 12.8. The van der Waals surface area contributed by atoms with Gasteiger partial charge >= 0.3 is 6.18 Å². The summed E-state index contributed by atoms with van der Waals surface area (Å²) < 4.78 is 78.6. The van der Waals surface area contributed by atoms with E-state index >= 15 is 0 Å². The number of ether oxygens (including phenoxy) is 1. The summed E-state index contributed by atoms with van der Waals surface area (Å²) in [5.41, 5.74) is 1.45. The molecule has 1 aliphatic rings. The van der Waals surface area contributed by atoms with Crippen LogP contribution in [-0.4, -0.2) is 24.8 Å². The summed E-state index contributed by atoms with van der Waals surface area (Å²) in [5.74, 6) is 0.315. The van der Waals surface area contributed by atoms with E-state index in [1.54, 1.807) is 39.0 Å². The van der Waals surface area contributed by atoms with Crippen LogP contribution in [-0.2, 0) is 20.8 Å². The van der Waals surface area contributed by atoms with Gasteiger partial charge in [-0.3, -0.25) is 0 Å². The van der Waals surface area contributed by atoms with Gasteiger partial charge in [0.05, 0.1) is 21.3 Å². The van der Waals surface area contributed by atoms with E-state index in [0.29, 0.717) is 29.0 Å². The highest BCUT2D eigenvalue weighted by atomic mass is 32.2. The average Bonchev–Trinajstić information content (AvgIpc) is 3.16. The predicted molar refractivity (Wildman–Crippen MR) is 122 cm³/mol. The predicted octanol–water partition coefficient (Wildman–Crippen LogP) is 6.75. The van der Waals surface area contributed by atoms with Crippen LogP contribution in [0, 0.1) is 6.92 Å². The Labute approximate surface area is 197 Å². The molecule has 3 unspecified atom stereocenters. The molecule has 1 saturated heterocycles. The third kappa shape index (κ3) is 4.47. The van der Waals surface area contributed by atoms with Crippen molar-refractivity contribution in [1.29, 1.82) is 0 Å². The molecule has 5 nitrogen and oxygen atoms in total. The van der Waals surface area contributed by atoms with Gasteiger partial charge in [0.2, 0.25) is 0 Å². The molecule has 1 aliphatic heterocycles. The van der Waals surface area contributed by atoms with Crippen LogP contribution in [0.4, 0.5) is 13.2 Å². The summed E-state index contributed by atoms with van der Waals surface area (Å²) >= 11 is 0. The van der Waals surface area contributed by atoms with Gasteiger partial charge in [0, 0.05) is 13.5 Å². The minimum atomic E-state index is -4.64. The van der Waals surface area contributed by atoms with Gasteiger partial charge in [0.25, 0.3) is 0 Å². The van der Waals surface area contributed by atoms with Crippen molar-refractivity contribution in [3.05, 3.63) is 59.0 Å². The highest BCUT2D eigenvalue weighted by Gasteiger charge is 2.46. The Morgan fingerprint density at radius 1 is 1.21 bits per heavy atom. The van der Waals surface area contributed by atoms with E-state index in [0.717, 1.165) is 17.7 Å². The van der Waals surface area contributed by atoms with Gasteiger partial charge in [-0.15, -0.1) is 0 Å². The quantitative estimate of drug-likeness (QED) is 0.391. The number of oxazole rings is 1. The first-order chi connectivity index (χ1) is 15.8. The Balaban J connectivity index is 1.73. The average molecular weight is 496 g/mol. The van der Waals surface area contributed by atoms with E-state index in [4.69, 9.17) is 9.15 Å². The summed E-state index contributed by atoms with van der Waals surface area (Å²) in [5, 5.41) is 0. The van der Waals surface area contributed by atoms with E-state index in [9.17, 15) is 21.6 Å². The van der Waals surface area contributed by atoms with Gasteiger partial charge in [-0.1, -0.05) is 19.9 Å². The molecular formula is C25H28F3NO4S. The fourth-order valence-corrected chi connectivity index (χ4v) is 6.30. The molecule has 3 atom stereocenters. The molecule has 1 aromatic heterocycles. The molecule has 0 saturated carbocycles. The molecule has 1 fully saturated rings. The maximum absolute atomic E-state index is 13.8. The number of rotatable bonds is 5. The van der Waals surface area contributed by atoms with Crippen LogP contribution in [0.5, 0.6) is 0 Å². The van der Waals surface area contributed by atoms with Gasteiger partial charge in [-0.25, -0.2) is 13.4 Å². The Kier molecular flexibility index (Phi) is 6.31. The van der Waals surface area contributed by atoms with Crippen molar-refractivity contribution in [2.45, 2.75) is 74.8 Å². The van der Waals surface area contributed by atoms with Crippen LogP contribution in [0.2, 0.25) is 0 Å². The molecular weight excluding hydrogens is 467 g/mol. The molecule has 2 aromatic carbocycles. The SMILES string of the molecule is CCC(C)c1cc(C(F)(F)F)cc(S(=O)(=O)C2(C)CCOC(c3ccc4oc(C)nc4c3)C2)c1. The molecule has 0 bridgehead atoms. The van der Waals surface area contributed by atoms with Crippen molar-refractivity contribution in [1.82, 2.24) is 4.98 Å². The molecule has 3 aromatic rings. The van der Waals surface area contributed by atoms with Crippen LogP contribution in [0.15, 0.2) is 45.7 Å². The van der Waals surface area contributed by atoms with Gasteiger partial charge in [0.1, 0.15) is 5.52 Å². The fourth-order valence-electron chi connectivity index (χ4n) is 4.43. The van der Waals surface area contributed by atoms with E-state index in [1.165, 1.54) is 6.07 Å². The van der Waals surface area contributed by atoms with Crippen molar-refractivity contribution in [3.8, 4) is 0 Å².